The minimum atomic E-state index is -0.0156. The number of hydrogen-bond acceptors (Lipinski definition) is 6. The van der Waals surface area contributed by atoms with Gasteiger partial charge < -0.3 is 25.4 Å². The van der Waals surface area contributed by atoms with Crippen LogP contribution >= 0.6 is 0 Å². The predicted molar refractivity (Wildman–Crippen MR) is 149 cm³/mol. The Bertz CT molecular complexity index is 1070. The van der Waals surface area contributed by atoms with Gasteiger partial charge in [-0.05, 0) is 68.8 Å². The summed E-state index contributed by atoms with van der Waals surface area (Å²) in [5, 5.41) is 12.3. The van der Waals surface area contributed by atoms with Gasteiger partial charge in [0.25, 0.3) is 0 Å². The third kappa shape index (κ3) is 10.2. The summed E-state index contributed by atoms with van der Waals surface area (Å²) < 4.78 is 10.7. The maximum Gasteiger partial charge on any atom is 0.223 e. The molecule has 0 atom stereocenters. The van der Waals surface area contributed by atoms with Crippen LogP contribution in [0.15, 0.2) is 53.5 Å². The highest BCUT2D eigenvalue weighted by Gasteiger charge is 2.09. The first-order valence-electron chi connectivity index (χ1n) is 12.3. The number of anilines is 1. The number of benzene rings is 2. The van der Waals surface area contributed by atoms with Crippen LogP contribution in [0.4, 0.5) is 5.69 Å². The molecule has 9 nitrogen and oxygen atoms in total. The van der Waals surface area contributed by atoms with Crippen LogP contribution in [0.3, 0.4) is 0 Å². The summed E-state index contributed by atoms with van der Waals surface area (Å²) in [4.78, 5) is 19.7. The van der Waals surface area contributed by atoms with Gasteiger partial charge in [0, 0.05) is 32.1 Å². The maximum atomic E-state index is 12.2. The molecule has 0 radical (unpaired) electrons. The molecule has 0 unspecified atom stereocenters. The van der Waals surface area contributed by atoms with Crippen LogP contribution < -0.4 is 25.4 Å². The molecular formula is C28H38N6O3. The summed E-state index contributed by atoms with van der Waals surface area (Å²) in [5.41, 5.74) is 8.56. The van der Waals surface area contributed by atoms with E-state index in [9.17, 15) is 10.1 Å². The van der Waals surface area contributed by atoms with Crippen molar-refractivity contribution >= 4 is 23.6 Å². The van der Waals surface area contributed by atoms with Gasteiger partial charge in [-0.1, -0.05) is 24.3 Å². The number of nitrogens with one attached hydrogen (secondary N) is 1. The third-order valence-corrected chi connectivity index (χ3v) is 5.65. The number of carbonyl (C=O) groups is 1. The van der Waals surface area contributed by atoms with Gasteiger partial charge in [-0.3, -0.25) is 9.79 Å². The summed E-state index contributed by atoms with van der Waals surface area (Å²) >= 11 is 0. The highest BCUT2D eigenvalue weighted by Crippen LogP contribution is 2.23. The van der Waals surface area contributed by atoms with Crippen molar-refractivity contribution in [2.75, 3.05) is 52.3 Å². The van der Waals surface area contributed by atoms with Gasteiger partial charge in [0.1, 0.15) is 11.5 Å². The van der Waals surface area contributed by atoms with Crippen molar-refractivity contribution in [1.29, 1.82) is 5.26 Å². The summed E-state index contributed by atoms with van der Waals surface area (Å²) in [6, 6.07) is 13.2. The van der Waals surface area contributed by atoms with Crippen molar-refractivity contribution in [1.82, 2.24) is 10.2 Å². The number of carbonyl (C=O) groups excluding carboxylic acids is 1. The van der Waals surface area contributed by atoms with Crippen molar-refractivity contribution in [2.24, 2.45) is 10.7 Å². The van der Waals surface area contributed by atoms with E-state index in [0.29, 0.717) is 25.2 Å². The summed E-state index contributed by atoms with van der Waals surface area (Å²) in [6.45, 7) is 4.77. The number of aliphatic imine (C=N–C) groups is 1. The van der Waals surface area contributed by atoms with Crippen LogP contribution in [0.5, 0.6) is 11.5 Å². The lowest BCUT2D eigenvalue weighted by Gasteiger charge is -2.17. The Labute approximate surface area is 220 Å². The van der Waals surface area contributed by atoms with E-state index in [-0.39, 0.29) is 11.9 Å². The lowest BCUT2D eigenvalue weighted by molar-refractivity contribution is -0.120. The molecule has 2 aromatic rings. The van der Waals surface area contributed by atoms with E-state index in [1.165, 1.54) is 4.90 Å². The van der Waals surface area contributed by atoms with Gasteiger partial charge in [-0.15, -0.1) is 0 Å². The van der Waals surface area contributed by atoms with E-state index in [4.69, 9.17) is 15.2 Å². The smallest absolute Gasteiger partial charge is 0.223 e. The van der Waals surface area contributed by atoms with Crippen LogP contribution in [0.1, 0.15) is 30.9 Å². The molecule has 0 saturated heterocycles. The normalized spacial score (nSPS) is 11.4. The number of ether oxygens (including phenoxy) is 2. The Balaban J connectivity index is 1.68. The van der Waals surface area contributed by atoms with Gasteiger partial charge in [0.15, 0.2) is 6.19 Å². The number of hydrogen-bond donors (Lipinski definition) is 2. The Morgan fingerprint density at radius 2 is 1.81 bits per heavy atom. The standard InChI is InChI=1S/C28H38N6O3/c1-5-31-28(30)34(21-29)24-12-10-22(11-13-24)8-6-9-27(35)32-15-7-16-33(2)17-14-23-18-25(36-3)20-26(19-23)37-4/h6,8,10-13,18-20H,5,7,9,14-17H2,1-4H3,(H2,30,31)(H,32,35)/b8-6+. The molecule has 0 fully saturated rings. The number of methoxy groups -OCH3 is 2. The molecule has 2 aromatic carbocycles. The van der Waals surface area contributed by atoms with Gasteiger partial charge >= 0.3 is 0 Å². The van der Waals surface area contributed by atoms with E-state index in [2.05, 4.69) is 22.3 Å². The van der Waals surface area contributed by atoms with Crippen LogP contribution in [0.2, 0.25) is 0 Å². The average molecular weight is 507 g/mol. The van der Waals surface area contributed by atoms with Crippen LogP contribution in [0, 0.1) is 11.5 Å². The fourth-order valence-electron chi connectivity index (χ4n) is 3.60. The number of likely N-dealkylation sites (N-methyl/N-ethyl adjacent to an activating group) is 1. The van der Waals surface area contributed by atoms with Crippen LogP contribution in [-0.2, 0) is 11.2 Å². The zero-order valence-corrected chi connectivity index (χ0v) is 22.2. The Hall–Kier alpha value is -4.03. The molecule has 0 aliphatic carbocycles. The molecular weight excluding hydrogens is 468 g/mol. The summed E-state index contributed by atoms with van der Waals surface area (Å²) in [6.07, 6.45) is 7.79. The molecule has 9 heteroatoms. The maximum absolute atomic E-state index is 12.2. The number of guanidine groups is 1. The molecule has 0 aromatic heterocycles. The second kappa shape index (κ2) is 15.9. The number of amides is 1. The topological polar surface area (TPSA) is 116 Å². The number of nitrogens with two attached hydrogens (primary N) is 1. The lowest BCUT2D eigenvalue weighted by Crippen LogP contribution is -2.33. The zero-order valence-electron chi connectivity index (χ0n) is 22.2. The zero-order chi connectivity index (χ0) is 27.0. The molecule has 37 heavy (non-hydrogen) atoms. The van der Waals surface area contributed by atoms with E-state index in [1.807, 2.05) is 55.6 Å². The van der Waals surface area contributed by atoms with E-state index in [0.717, 1.165) is 48.6 Å². The molecule has 0 heterocycles. The monoisotopic (exact) mass is 506 g/mol. The summed E-state index contributed by atoms with van der Waals surface area (Å²) in [5.74, 6) is 1.73. The number of rotatable bonds is 14. The Morgan fingerprint density at radius 1 is 1.14 bits per heavy atom. The Morgan fingerprint density at radius 3 is 2.41 bits per heavy atom. The second-order valence-corrected chi connectivity index (χ2v) is 8.44. The first-order valence-corrected chi connectivity index (χ1v) is 12.3. The first-order chi connectivity index (χ1) is 17.9. The van der Waals surface area contributed by atoms with E-state index in [1.54, 1.807) is 26.4 Å². The minimum absolute atomic E-state index is 0.0156. The highest BCUT2D eigenvalue weighted by atomic mass is 16.5. The fourth-order valence-corrected chi connectivity index (χ4v) is 3.60. The van der Waals surface area contributed by atoms with Crippen LogP contribution in [0.25, 0.3) is 6.08 Å². The molecule has 0 spiro atoms. The molecule has 0 saturated carbocycles. The van der Waals surface area contributed by atoms with E-state index < -0.39 is 0 Å². The van der Waals surface area contributed by atoms with Gasteiger partial charge in [-0.25, -0.2) is 4.90 Å². The van der Waals surface area contributed by atoms with Crippen molar-refractivity contribution in [2.45, 2.75) is 26.2 Å². The SMILES string of the molecule is CCN=C(N)N(C#N)c1ccc(/C=C/CC(=O)NCCCN(C)CCc2cc(OC)cc(OC)c2)cc1. The lowest BCUT2D eigenvalue weighted by atomic mass is 10.1. The van der Waals surface area contributed by atoms with Crippen LogP contribution in [-0.4, -0.2) is 64.2 Å². The largest absolute Gasteiger partial charge is 0.497 e. The Kier molecular flexibility index (Phi) is 12.5. The van der Waals surface area contributed by atoms with Gasteiger partial charge in [0.2, 0.25) is 11.9 Å². The van der Waals surface area contributed by atoms with Crippen molar-refractivity contribution in [3.8, 4) is 17.7 Å². The second-order valence-electron chi connectivity index (χ2n) is 8.44. The average Bonchev–Trinajstić information content (AvgIpc) is 2.91. The molecule has 198 valence electrons. The van der Waals surface area contributed by atoms with Gasteiger partial charge in [0.05, 0.1) is 19.9 Å². The van der Waals surface area contributed by atoms with Gasteiger partial charge in [-0.2, -0.15) is 5.26 Å². The van der Waals surface area contributed by atoms with E-state index >= 15 is 0 Å². The molecule has 3 N–H and O–H groups in total. The number of nitrogens with zero attached hydrogens (tertiary/aromatic N) is 4. The number of nitriles is 1. The molecule has 2 rings (SSSR count). The first kappa shape index (κ1) is 29.2. The minimum Gasteiger partial charge on any atom is -0.497 e. The fraction of sp³-hybridized carbons (Fsp3) is 0.393. The van der Waals surface area contributed by atoms with Crippen molar-refractivity contribution in [3.05, 3.63) is 59.7 Å². The predicted octanol–water partition coefficient (Wildman–Crippen LogP) is 3.41. The molecule has 0 bridgehead atoms. The quantitative estimate of drug-likeness (QED) is 0.133. The van der Waals surface area contributed by atoms with Crippen molar-refractivity contribution < 1.29 is 14.3 Å². The molecule has 0 aliphatic rings. The van der Waals surface area contributed by atoms with Crippen molar-refractivity contribution in [3.63, 3.8) is 0 Å². The molecule has 1 amide bonds. The molecule has 0 aliphatic heterocycles. The third-order valence-electron chi connectivity index (χ3n) is 5.65. The highest BCUT2D eigenvalue weighted by molar-refractivity contribution is 5.97. The summed E-state index contributed by atoms with van der Waals surface area (Å²) in [7, 11) is 5.38.